The van der Waals surface area contributed by atoms with E-state index in [1.807, 2.05) is 43.3 Å². The third-order valence-electron chi connectivity index (χ3n) is 4.71. The van der Waals surface area contributed by atoms with Gasteiger partial charge in [0.2, 0.25) is 12.2 Å². The van der Waals surface area contributed by atoms with Crippen molar-refractivity contribution in [2.45, 2.75) is 44.5 Å². The van der Waals surface area contributed by atoms with Crippen LogP contribution < -0.4 is 10.1 Å². The van der Waals surface area contributed by atoms with E-state index in [0.717, 1.165) is 16.7 Å². The Labute approximate surface area is 179 Å². The standard InChI is InChI=1S/C21H25NO6.CO2/c1-12-6-5-7-14(10-12)15-8-3-4-9-16(15)27-21-18(22-13(2)24)20(26)19(25)17(11-23)28-21;2-1-3/h3-10,17-21,23,25-26H,11H2,1-2H3,(H,22,24);. The van der Waals surface area contributed by atoms with E-state index < -0.39 is 43.2 Å². The summed E-state index contributed by atoms with van der Waals surface area (Å²) in [7, 11) is 0. The summed E-state index contributed by atoms with van der Waals surface area (Å²) in [6.07, 6.45) is -4.58. The number of ether oxygens (including phenoxy) is 2. The molecule has 4 N–H and O–H groups in total. The van der Waals surface area contributed by atoms with E-state index in [-0.39, 0.29) is 6.15 Å². The van der Waals surface area contributed by atoms with Gasteiger partial charge >= 0.3 is 6.15 Å². The summed E-state index contributed by atoms with van der Waals surface area (Å²) in [5, 5.41) is 32.6. The summed E-state index contributed by atoms with van der Waals surface area (Å²) in [6.45, 7) is 2.80. The molecule has 1 amide bonds. The summed E-state index contributed by atoms with van der Waals surface area (Å²) in [5.41, 5.74) is 2.86. The van der Waals surface area contributed by atoms with Crippen LogP contribution in [0.4, 0.5) is 0 Å². The van der Waals surface area contributed by atoms with Gasteiger partial charge in [-0.3, -0.25) is 4.79 Å². The molecule has 5 atom stereocenters. The summed E-state index contributed by atoms with van der Waals surface area (Å²) < 4.78 is 11.7. The lowest BCUT2D eigenvalue weighted by molar-refractivity contribution is -0.244. The van der Waals surface area contributed by atoms with Crippen LogP contribution in [0.25, 0.3) is 11.1 Å². The number of aliphatic hydroxyl groups is 3. The maximum absolute atomic E-state index is 11.6. The van der Waals surface area contributed by atoms with Gasteiger partial charge in [-0.15, -0.1) is 0 Å². The largest absolute Gasteiger partial charge is 0.462 e. The Balaban J connectivity index is 0.00000107. The lowest BCUT2D eigenvalue weighted by atomic mass is 9.96. The van der Waals surface area contributed by atoms with Crippen molar-refractivity contribution in [3.8, 4) is 16.9 Å². The van der Waals surface area contributed by atoms with Gasteiger partial charge in [-0.25, -0.2) is 0 Å². The van der Waals surface area contributed by atoms with Gasteiger partial charge in [-0.05, 0) is 18.6 Å². The van der Waals surface area contributed by atoms with Crippen LogP contribution in [0.2, 0.25) is 0 Å². The van der Waals surface area contributed by atoms with Gasteiger partial charge in [0.05, 0.1) is 6.61 Å². The molecule has 0 aromatic heterocycles. The molecule has 3 rings (SSSR count). The van der Waals surface area contributed by atoms with Crippen LogP contribution >= 0.6 is 0 Å². The normalized spacial score (nSPS) is 24.9. The first-order valence-corrected chi connectivity index (χ1v) is 9.54. The molecule has 0 radical (unpaired) electrons. The van der Waals surface area contributed by atoms with Crippen LogP contribution in [-0.4, -0.2) is 64.6 Å². The lowest BCUT2D eigenvalue weighted by Crippen LogP contribution is -2.65. The van der Waals surface area contributed by atoms with E-state index in [1.165, 1.54) is 6.92 Å². The smallest absolute Gasteiger partial charge is 0.373 e. The van der Waals surface area contributed by atoms with E-state index in [1.54, 1.807) is 12.1 Å². The number of aliphatic hydroxyl groups excluding tert-OH is 3. The first-order valence-electron chi connectivity index (χ1n) is 9.54. The molecule has 0 saturated carbocycles. The molecule has 31 heavy (non-hydrogen) atoms. The van der Waals surface area contributed by atoms with E-state index in [9.17, 15) is 20.1 Å². The average Bonchev–Trinajstić information content (AvgIpc) is 2.74. The van der Waals surface area contributed by atoms with Gasteiger partial charge in [-0.2, -0.15) is 9.59 Å². The zero-order valence-electron chi connectivity index (χ0n) is 17.1. The second-order valence-corrected chi connectivity index (χ2v) is 7.00. The number of carbonyl (C=O) groups excluding carboxylic acids is 3. The molecule has 1 aliphatic rings. The fourth-order valence-corrected chi connectivity index (χ4v) is 3.32. The second kappa shape index (κ2) is 11.4. The number of para-hydroxylation sites is 1. The Morgan fingerprint density at radius 1 is 1.13 bits per heavy atom. The number of aryl methyl sites for hydroxylation is 1. The van der Waals surface area contributed by atoms with Crippen molar-refractivity contribution in [2.24, 2.45) is 0 Å². The predicted molar refractivity (Wildman–Crippen MR) is 108 cm³/mol. The molecular formula is C22H25NO8. The highest BCUT2D eigenvalue weighted by Gasteiger charge is 2.46. The lowest BCUT2D eigenvalue weighted by Gasteiger charge is -2.42. The summed E-state index contributed by atoms with van der Waals surface area (Å²) in [5.74, 6) is 0.0941. The number of benzene rings is 2. The van der Waals surface area contributed by atoms with Crippen LogP contribution in [0, 0.1) is 6.92 Å². The number of hydrogen-bond donors (Lipinski definition) is 4. The third-order valence-corrected chi connectivity index (χ3v) is 4.71. The summed E-state index contributed by atoms with van der Waals surface area (Å²) in [6, 6.07) is 14.3. The molecule has 1 fully saturated rings. The highest BCUT2D eigenvalue weighted by molar-refractivity contribution is 5.73. The molecule has 0 bridgehead atoms. The van der Waals surface area contributed by atoms with Crippen LogP contribution in [0.15, 0.2) is 48.5 Å². The molecule has 166 valence electrons. The number of carbonyl (C=O) groups is 1. The first kappa shape index (κ1) is 24.2. The molecule has 5 unspecified atom stereocenters. The van der Waals surface area contributed by atoms with Gasteiger partial charge in [0.1, 0.15) is 30.1 Å². The number of hydrogen-bond acceptors (Lipinski definition) is 8. The van der Waals surface area contributed by atoms with Gasteiger partial charge in [0.25, 0.3) is 0 Å². The minimum Gasteiger partial charge on any atom is -0.462 e. The number of rotatable bonds is 5. The van der Waals surface area contributed by atoms with Crippen molar-refractivity contribution < 1.29 is 39.2 Å². The number of amides is 1. The molecule has 9 heteroatoms. The fourth-order valence-electron chi connectivity index (χ4n) is 3.32. The highest BCUT2D eigenvalue weighted by Crippen LogP contribution is 2.33. The van der Waals surface area contributed by atoms with Gasteiger partial charge in [0, 0.05) is 12.5 Å². The maximum atomic E-state index is 11.6. The zero-order chi connectivity index (χ0) is 23.0. The third kappa shape index (κ3) is 6.21. The molecule has 1 saturated heterocycles. The first-order chi connectivity index (χ1) is 14.8. The molecule has 9 nitrogen and oxygen atoms in total. The molecule has 0 spiro atoms. The highest BCUT2D eigenvalue weighted by atomic mass is 16.7. The van der Waals surface area contributed by atoms with Crippen molar-refractivity contribution in [3.63, 3.8) is 0 Å². The average molecular weight is 431 g/mol. The molecule has 1 aliphatic heterocycles. The Hall–Kier alpha value is -3.07. The van der Waals surface area contributed by atoms with Crippen LogP contribution in [0.1, 0.15) is 12.5 Å². The van der Waals surface area contributed by atoms with Crippen LogP contribution in [0.5, 0.6) is 5.75 Å². The summed E-state index contributed by atoms with van der Waals surface area (Å²) >= 11 is 0. The van der Waals surface area contributed by atoms with Crippen molar-refractivity contribution in [3.05, 3.63) is 54.1 Å². The van der Waals surface area contributed by atoms with Gasteiger partial charge < -0.3 is 30.1 Å². The van der Waals surface area contributed by atoms with Gasteiger partial charge in [0.15, 0.2) is 0 Å². The van der Waals surface area contributed by atoms with Crippen molar-refractivity contribution >= 4 is 12.1 Å². The maximum Gasteiger partial charge on any atom is 0.373 e. The predicted octanol–water partition coefficient (Wildman–Crippen LogP) is 0.401. The minimum absolute atomic E-state index is 0.250. The van der Waals surface area contributed by atoms with E-state index in [2.05, 4.69) is 5.32 Å². The van der Waals surface area contributed by atoms with E-state index in [0.29, 0.717) is 5.75 Å². The van der Waals surface area contributed by atoms with Crippen LogP contribution in [0.3, 0.4) is 0 Å². The Morgan fingerprint density at radius 3 is 2.42 bits per heavy atom. The van der Waals surface area contributed by atoms with E-state index >= 15 is 0 Å². The summed E-state index contributed by atoms with van der Waals surface area (Å²) in [4.78, 5) is 27.8. The Kier molecular flexibility index (Phi) is 8.87. The van der Waals surface area contributed by atoms with Crippen molar-refractivity contribution in [1.29, 1.82) is 0 Å². The monoisotopic (exact) mass is 431 g/mol. The Morgan fingerprint density at radius 2 is 1.81 bits per heavy atom. The Bertz CT molecular complexity index is 912. The topological polar surface area (TPSA) is 142 Å². The van der Waals surface area contributed by atoms with Crippen molar-refractivity contribution in [2.75, 3.05) is 6.61 Å². The molecule has 2 aromatic rings. The van der Waals surface area contributed by atoms with E-state index in [4.69, 9.17) is 19.1 Å². The van der Waals surface area contributed by atoms with Gasteiger partial charge in [-0.1, -0.05) is 48.0 Å². The zero-order valence-corrected chi connectivity index (χ0v) is 17.1. The molecular weight excluding hydrogens is 406 g/mol. The molecule has 2 aromatic carbocycles. The molecule has 0 aliphatic carbocycles. The molecule has 1 heterocycles. The SMILES string of the molecule is CC(=O)NC1C(Oc2ccccc2-c2cccc(C)c2)OC(CO)C(O)C1O.O=C=O. The number of nitrogens with one attached hydrogen (secondary N) is 1. The van der Waals surface area contributed by atoms with Crippen molar-refractivity contribution in [1.82, 2.24) is 5.32 Å². The quantitative estimate of drug-likeness (QED) is 0.533. The van der Waals surface area contributed by atoms with Crippen LogP contribution in [-0.2, 0) is 19.1 Å². The minimum atomic E-state index is -1.36. The second-order valence-electron chi connectivity index (χ2n) is 7.00. The fraction of sp³-hybridized carbons (Fsp3) is 0.364.